The van der Waals surface area contributed by atoms with E-state index in [1.165, 1.54) is 76.5 Å². The lowest BCUT2D eigenvalue weighted by Crippen LogP contribution is -2.09. The molecule has 0 aromatic heterocycles. The van der Waals surface area contributed by atoms with Crippen molar-refractivity contribution in [1.82, 2.24) is 0 Å². The summed E-state index contributed by atoms with van der Waals surface area (Å²) in [6.07, 6.45) is 0. The molecule has 0 aliphatic carbocycles. The van der Waals surface area contributed by atoms with Crippen LogP contribution in [0.2, 0.25) is 0 Å². The predicted molar refractivity (Wildman–Crippen MR) is 227 cm³/mol. The average Bonchev–Trinajstić information content (AvgIpc) is 3.24. The van der Waals surface area contributed by atoms with Crippen molar-refractivity contribution in [3.8, 4) is 33.4 Å². The van der Waals surface area contributed by atoms with Crippen LogP contribution in [0.3, 0.4) is 0 Å². The Labute approximate surface area is 309 Å². The van der Waals surface area contributed by atoms with Gasteiger partial charge in [-0.05, 0) is 131 Å². The molecule has 0 radical (unpaired) electrons. The number of anilines is 3. The van der Waals surface area contributed by atoms with Gasteiger partial charge >= 0.3 is 0 Å². The van der Waals surface area contributed by atoms with Crippen LogP contribution < -0.4 is 4.90 Å². The molecule has 0 atom stereocenters. The lowest BCUT2D eigenvalue weighted by atomic mass is 9.93. The zero-order valence-corrected chi connectivity index (χ0v) is 29.2. The molecule has 10 rings (SSSR count). The lowest BCUT2D eigenvalue weighted by molar-refractivity contribution is 1.28. The predicted octanol–water partition coefficient (Wildman–Crippen LogP) is 14.8. The van der Waals surface area contributed by atoms with Crippen LogP contribution in [0.1, 0.15) is 0 Å². The van der Waals surface area contributed by atoms with E-state index in [2.05, 4.69) is 217 Å². The summed E-state index contributed by atoms with van der Waals surface area (Å²) in [4.78, 5) is 2.34. The molecule has 0 bridgehead atoms. The Bertz CT molecular complexity index is 2900. The number of benzene rings is 10. The highest BCUT2D eigenvalue weighted by Gasteiger charge is 2.15. The van der Waals surface area contributed by atoms with Gasteiger partial charge in [-0.3, -0.25) is 0 Å². The fraction of sp³-hybridized carbons (Fsp3) is 0. The number of fused-ring (bicyclic) bond motifs is 6. The highest BCUT2D eigenvalue weighted by Crippen LogP contribution is 2.40. The lowest BCUT2D eigenvalue weighted by Gasteiger charge is -2.26. The van der Waals surface area contributed by atoms with Crippen molar-refractivity contribution in [1.29, 1.82) is 0 Å². The van der Waals surface area contributed by atoms with Gasteiger partial charge in [-0.1, -0.05) is 158 Å². The van der Waals surface area contributed by atoms with E-state index in [0.29, 0.717) is 0 Å². The first-order valence-corrected chi connectivity index (χ1v) is 18.3. The molecule has 0 spiro atoms. The molecule has 0 amide bonds. The van der Waals surface area contributed by atoms with Crippen LogP contribution in [0.5, 0.6) is 0 Å². The quantitative estimate of drug-likeness (QED) is 0.159. The molecule has 248 valence electrons. The van der Waals surface area contributed by atoms with Crippen molar-refractivity contribution in [2.75, 3.05) is 4.90 Å². The molecular formula is C52H35N. The van der Waals surface area contributed by atoms with Gasteiger partial charge in [0.2, 0.25) is 0 Å². The van der Waals surface area contributed by atoms with Gasteiger partial charge in [0.05, 0.1) is 0 Å². The Kier molecular flexibility index (Phi) is 7.55. The van der Waals surface area contributed by atoms with Crippen molar-refractivity contribution in [2.45, 2.75) is 0 Å². The zero-order chi connectivity index (χ0) is 35.1. The maximum absolute atomic E-state index is 2.36. The van der Waals surface area contributed by atoms with Crippen molar-refractivity contribution in [3.63, 3.8) is 0 Å². The van der Waals surface area contributed by atoms with Crippen molar-refractivity contribution < 1.29 is 0 Å². The summed E-state index contributed by atoms with van der Waals surface area (Å²) in [5.74, 6) is 0. The molecule has 0 saturated carbocycles. The third kappa shape index (κ3) is 5.60. The molecule has 0 fully saturated rings. The molecule has 53 heavy (non-hydrogen) atoms. The second-order valence-electron chi connectivity index (χ2n) is 13.8. The molecule has 0 saturated heterocycles. The van der Waals surface area contributed by atoms with E-state index in [9.17, 15) is 0 Å². The van der Waals surface area contributed by atoms with Crippen LogP contribution in [-0.4, -0.2) is 0 Å². The van der Waals surface area contributed by atoms with E-state index in [4.69, 9.17) is 0 Å². The van der Waals surface area contributed by atoms with Gasteiger partial charge in [-0.25, -0.2) is 0 Å². The second-order valence-corrected chi connectivity index (χ2v) is 13.8. The fourth-order valence-corrected chi connectivity index (χ4v) is 7.97. The number of nitrogens with zero attached hydrogens (tertiary/aromatic N) is 1. The van der Waals surface area contributed by atoms with Crippen LogP contribution in [0.15, 0.2) is 212 Å². The second kappa shape index (κ2) is 13.0. The molecule has 0 heterocycles. The summed E-state index contributed by atoms with van der Waals surface area (Å²) in [7, 11) is 0. The van der Waals surface area contributed by atoms with E-state index in [0.717, 1.165) is 17.1 Å². The van der Waals surface area contributed by atoms with E-state index in [-0.39, 0.29) is 0 Å². The Morgan fingerprint density at radius 1 is 0.245 bits per heavy atom. The first-order valence-electron chi connectivity index (χ1n) is 18.3. The number of hydrogen-bond acceptors (Lipinski definition) is 1. The van der Waals surface area contributed by atoms with Gasteiger partial charge in [0.25, 0.3) is 0 Å². The monoisotopic (exact) mass is 673 g/mol. The Balaban J connectivity index is 1.03. The molecule has 1 nitrogen and oxygen atoms in total. The minimum absolute atomic E-state index is 1.11. The Hall–Kier alpha value is -6.96. The molecule has 10 aromatic carbocycles. The molecule has 10 aromatic rings. The summed E-state index contributed by atoms with van der Waals surface area (Å²) in [6.45, 7) is 0. The molecule has 0 unspecified atom stereocenters. The summed E-state index contributed by atoms with van der Waals surface area (Å²) < 4.78 is 0. The number of para-hydroxylation sites is 1. The van der Waals surface area contributed by atoms with Crippen molar-refractivity contribution >= 4 is 60.2 Å². The molecule has 0 aliphatic heterocycles. The topological polar surface area (TPSA) is 3.24 Å². The number of hydrogen-bond donors (Lipinski definition) is 0. The van der Waals surface area contributed by atoms with Crippen LogP contribution in [-0.2, 0) is 0 Å². The number of rotatable bonds is 6. The highest BCUT2D eigenvalue weighted by atomic mass is 15.1. The van der Waals surface area contributed by atoms with E-state index in [1.807, 2.05) is 0 Å². The van der Waals surface area contributed by atoms with Gasteiger partial charge in [0, 0.05) is 17.1 Å². The smallest absolute Gasteiger partial charge is 0.0462 e. The molecule has 1 heteroatoms. The SMILES string of the molecule is c1ccc(-c2cc(-c3ccc(N(c4ccccc4)c4ccc(-c5ccc6ccc7ccc8ccccc8c7c6c5)cc4)cc3)c3ccccc3c2)cc1. The fourth-order valence-electron chi connectivity index (χ4n) is 7.97. The Morgan fingerprint density at radius 2 is 0.736 bits per heavy atom. The summed E-state index contributed by atoms with van der Waals surface area (Å²) in [5.41, 5.74) is 10.6. The molecular weight excluding hydrogens is 639 g/mol. The van der Waals surface area contributed by atoms with E-state index >= 15 is 0 Å². The maximum Gasteiger partial charge on any atom is 0.0462 e. The molecule has 0 aliphatic rings. The summed E-state index contributed by atoms with van der Waals surface area (Å²) in [6, 6.07) is 77.2. The van der Waals surface area contributed by atoms with Gasteiger partial charge in [0.15, 0.2) is 0 Å². The third-order valence-electron chi connectivity index (χ3n) is 10.6. The van der Waals surface area contributed by atoms with Crippen LogP contribution in [0.4, 0.5) is 17.1 Å². The first kappa shape index (κ1) is 30.8. The largest absolute Gasteiger partial charge is 0.311 e. The standard InChI is InChI=1S/C52H35N/c1-3-11-36(12-4-1)44-33-43-14-8-9-17-48(43)50(35-44)39-27-31-47(32-28-39)53(45-15-5-2-6-16-45)46-29-25-37(26-30-46)42-24-21-40-20-23-41-22-19-38-13-7-10-18-49(38)52(41)51(40)34-42/h1-35H. The summed E-state index contributed by atoms with van der Waals surface area (Å²) >= 11 is 0. The van der Waals surface area contributed by atoms with Gasteiger partial charge in [0.1, 0.15) is 0 Å². The van der Waals surface area contributed by atoms with Gasteiger partial charge in [-0.2, -0.15) is 0 Å². The van der Waals surface area contributed by atoms with E-state index < -0.39 is 0 Å². The normalized spacial score (nSPS) is 11.4. The maximum atomic E-state index is 2.36. The van der Waals surface area contributed by atoms with Crippen LogP contribution >= 0.6 is 0 Å². The highest BCUT2D eigenvalue weighted by molar-refractivity contribution is 6.20. The minimum Gasteiger partial charge on any atom is -0.311 e. The van der Waals surface area contributed by atoms with Crippen LogP contribution in [0.25, 0.3) is 76.5 Å². The van der Waals surface area contributed by atoms with Crippen molar-refractivity contribution in [2.24, 2.45) is 0 Å². The van der Waals surface area contributed by atoms with Crippen molar-refractivity contribution in [3.05, 3.63) is 212 Å². The average molecular weight is 674 g/mol. The van der Waals surface area contributed by atoms with Gasteiger partial charge < -0.3 is 4.90 Å². The third-order valence-corrected chi connectivity index (χ3v) is 10.6. The Morgan fingerprint density at radius 3 is 1.45 bits per heavy atom. The van der Waals surface area contributed by atoms with E-state index in [1.54, 1.807) is 0 Å². The zero-order valence-electron chi connectivity index (χ0n) is 29.2. The molecule has 0 N–H and O–H groups in total. The van der Waals surface area contributed by atoms with Crippen LogP contribution in [0, 0.1) is 0 Å². The minimum atomic E-state index is 1.11. The first-order chi connectivity index (χ1) is 26.3. The summed E-state index contributed by atoms with van der Waals surface area (Å²) in [5, 5.41) is 10.2. The van der Waals surface area contributed by atoms with Gasteiger partial charge in [-0.15, -0.1) is 0 Å².